The largest absolute Gasteiger partial charge is 0.490 e. The molecular formula is C25H21NO4. The van der Waals surface area contributed by atoms with Gasteiger partial charge >= 0.3 is 5.97 Å². The number of carbonyl (C=O) groups is 1. The molecule has 0 radical (unpaired) electrons. The van der Waals surface area contributed by atoms with Crippen molar-refractivity contribution < 1.29 is 19.4 Å². The number of hydrogen-bond acceptors (Lipinski definition) is 4. The number of allylic oxidation sites excluding steroid dienone is 1. The fraction of sp³-hybridized carbons (Fsp3) is 0.120. The molecule has 0 aliphatic rings. The van der Waals surface area contributed by atoms with Gasteiger partial charge in [0.15, 0.2) is 11.5 Å². The number of rotatable bonds is 8. The van der Waals surface area contributed by atoms with Crippen LogP contribution in [0, 0.1) is 11.3 Å². The molecule has 150 valence electrons. The van der Waals surface area contributed by atoms with Crippen LogP contribution in [-0.4, -0.2) is 17.7 Å². The van der Waals surface area contributed by atoms with Gasteiger partial charge in [-0.05, 0) is 54.0 Å². The lowest BCUT2D eigenvalue weighted by Gasteiger charge is -2.13. The van der Waals surface area contributed by atoms with E-state index in [0.29, 0.717) is 35.8 Å². The average Bonchev–Trinajstić information content (AvgIpc) is 2.78. The van der Waals surface area contributed by atoms with E-state index in [-0.39, 0.29) is 5.56 Å². The fourth-order valence-corrected chi connectivity index (χ4v) is 2.88. The Kier molecular flexibility index (Phi) is 6.86. The number of ether oxygens (including phenoxy) is 2. The highest BCUT2D eigenvalue weighted by Crippen LogP contribution is 2.31. The van der Waals surface area contributed by atoms with Crippen LogP contribution in [-0.2, 0) is 6.61 Å². The molecule has 0 saturated carbocycles. The minimum Gasteiger partial charge on any atom is -0.490 e. The Morgan fingerprint density at radius 1 is 0.967 bits per heavy atom. The number of aromatic carboxylic acids is 1. The van der Waals surface area contributed by atoms with E-state index in [1.807, 2.05) is 55.5 Å². The standard InChI is InChI=1S/C25H21NO4/c1-2-29-24-15-19(8-13-23(24)30-17-18-6-4-3-5-7-18)14-22(16-26)20-9-11-21(12-10-20)25(27)28/h3-15H,2,17H2,1H3,(H,27,28)/b22-14-. The van der Waals surface area contributed by atoms with Crippen molar-refractivity contribution in [1.29, 1.82) is 5.26 Å². The number of carboxylic acid groups (broad SMARTS) is 1. The summed E-state index contributed by atoms with van der Waals surface area (Å²) in [6.07, 6.45) is 1.74. The van der Waals surface area contributed by atoms with Gasteiger partial charge in [-0.2, -0.15) is 5.26 Å². The average molecular weight is 399 g/mol. The van der Waals surface area contributed by atoms with Crippen molar-refractivity contribution in [1.82, 2.24) is 0 Å². The summed E-state index contributed by atoms with van der Waals surface area (Å²) < 4.78 is 11.6. The molecule has 0 saturated heterocycles. The smallest absolute Gasteiger partial charge is 0.335 e. The van der Waals surface area contributed by atoms with Gasteiger partial charge in [-0.1, -0.05) is 48.5 Å². The third kappa shape index (κ3) is 5.27. The maximum absolute atomic E-state index is 11.0. The van der Waals surface area contributed by atoms with Gasteiger partial charge in [0, 0.05) is 0 Å². The second-order valence-corrected chi connectivity index (χ2v) is 6.47. The Labute approximate surface area is 175 Å². The first kappa shape index (κ1) is 20.7. The highest BCUT2D eigenvalue weighted by atomic mass is 16.5. The summed E-state index contributed by atoms with van der Waals surface area (Å²) in [5, 5.41) is 18.6. The quantitative estimate of drug-likeness (QED) is 0.404. The lowest BCUT2D eigenvalue weighted by Crippen LogP contribution is -2.00. The van der Waals surface area contributed by atoms with Crippen LogP contribution in [0.4, 0.5) is 0 Å². The van der Waals surface area contributed by atoms with Crippen molar-refractivity contribution >= 4 is 17.6 Å². The van der Waals surface area contributed by atoms with Gasteiger partial charge in [-0.25, -0.2) is 4.79 Å². The van der Waals surface area contributed by atoms with E-state index < -0.39 is 5.97 Å². The zero-order valence-corrected chi connectivity index (χ0v) is 16.5. The van der Waals surface area contributed by atoms with Crippen molar-refractivity contribution in [3.05, 3.63) is 95.1 Å². The van der Waals surface area contributed by atoms with Crippen LogP contribution in [0.2, 0.25) is 0 Å². The van der Waals surface area contributed by atoms with Crippen molar-refractivity contribution in [2.75, 3.05) is 6.61 Å². The van der Waals surface area contributed by atoms with E-state index in [0.717, 1.165) is 11.1 Å². The Balaban J connectivity index is 1.84. The molecule has 0 bridgehead atoms. The van der Waals surface area contributed by atoms with Gasteiger partial charge in [-0.15, -0.1) is 0 Å². The molecular weight excluding hydrogens is 378 g/mol. The highest BCUT2D eigenvalue weighted by Gasteiger charge is 2.09. The second kappa shape index (κ2) is 9.94. The molecule has 0 atom stereocenters. The van der Waals surface area contributed by atoms with Crippen LogP contribution in [0.15, 0.2) is 72.8 Å². The van der Waals surface area contributed by atoms with Crippen LogP contribution in [0.5, 0.6) is 11.5 Å². The molecule has 5 heteroatoms. The normalized spacial score (nSPS) is 10.9. The van der Waals surface area contributed by atoms with E-state index in [2.05, 4.69) is 6.07 Å². The molecule has 0 aromatic heterocycles. The zero-order chi connectivity index (χ0) is 21.3. The van der Waals surface area contributed by atoms with Crippen molar-refractivity contribution in [3.63, 3.8) is 0 Å². The Morgan fingerprint density at radius 3 is 2.30 bits per heavy atom. The summed E-state index contributed by atoms with van der Waals surface area (Å²) in [5.74, 6) is 0.222. The fourth-order valence-electron chi connectivity index (χ4n) is 2.88. The summed E-state index contributed by atoms with van der Waals surface area (Å²) in [6.45, 7) is 2.81. The van der Waals surface area contributed by atoms with Crippen molar-refractivity contribution in [3.8, 4) is 17.6 Å². The summed E-state index contributed by atoms with van der Waals surface area (Å²) >= 11 is 0. The number of benzene rings is 3. The first-order valence-corrected chi connectivity index (χ1v) is 9.50. The molecule has 0 unspecified atom stereocenters. The van der Waals surface area contributed by atoms with Gasteiger partial charge in [0.2, 0.25) is 0 Å². The summed E-state index contributed by atoms with van der Waals surface area (Å²) in [7, 11) is 0. The number of carboxylic acids is 1. The molecule has 0 fully saturated rings. The number of nitriles is 1. The lowest BCUT2D eigenvalue weighted by atomic mass is 10.0. The van der Waals surface area contributed by atoms with Crippen molar-refractivity contribution in [2.45, 2.75) is 13.5 Å². The van der Waals surface area contributed by atoms with Gasteiger partial charge in [0.05, 0.1) is 23.8 Å². The van der Waals surface area contributed by atoms with Crippen LogP contribution >= 0.6 is 0 Å². The Morgan fingerprint density at radius 2 is 1.67 bits per heavy atom. The first-order valence-electron chi connectivity index (χ1n) is 9.50. The molecule has 3 aromatic rings. The topological polar surface area (TPSA) is 79.5 Å². The van der Waals surface area contributed by atoms with Gasteiger partial charge in [-0.3, -0.25) is 0 Å². The number of hydrogen-bond donors (Lipinski definition) is 1. The minimum absolute atomic E-state index is 0.176. The number of nitrogens with zero attached hydrogens (tertiary/aromatic N) is 1. The van der Waals surface area contributed by atoms with Gasteiger partial charge in [0.1, 0.15) is 6.61 Å². The first-order chi connectivity index (χ1) is 14.6. The zero-order valence-electron chi connectivity index (χ0n) is 16.5. The lowest BCUT2D eigenvalue weighted by molar-refractivity contribution is 0.0697. The van der Waals surface area contributed by atoms with E-state index in [4.69, 9.17) is 14.6 Å². The van der Waals surface area contributed by atoms with Crippen molar-refractivity contribution in [2.24, 2.45) is 0 Å². The van der Waals surface area contributed by atoms with Crippen LogP contribution in [0.1, 0.15) is 34.0 Å². The summed E-state index contributed by atoms with van der Waals surface area (Å²) in [4.78, 5) is 11.0. The van der Waals surface area contributed by atoms with E-state index in [9.17, 15) is 10.1 Å². The summed E-state index contributed by atoms with van der Waals surface area (Å²) in [6, 6.07) is 23.7. The highest BCUT2D eigenvalue weighted by molar-refractivity contribution is 5.92. The molecule has 0 aliphatic carbocycles. The van der Waals surface area contributed by atoms with E-state index >= 15 is 0 Å². The third-order valence-corrected chi connectivity index (χ3v) is 4.38. The molecule has 5 nitrogen and oxygen atoms in total. The third-order valence-electron chi connectivity index (χ3n) is 4.38. The monoisotopic (exact) mass is 399 g/mol. The summed E-state index contributed by atoms with van der Waals surface area (Å²) in [5.41, 5.74) is 3.08. The molecule has 0 heterocycles. The van der Waals surface area contributed by atoms with Crippen LogP contribution in [0.3, 0.4) is 0 Å². The Hall–Kier alpha value is -4.04. The van der Waals surface area contributed by atoms with E-state index in [1.165, 1.54) is 12.1 Å². The molecule has 30 heavy (non-hydrogen) atoms. The molecule has 0 aliphatic heterocycles. The maximum atomic E-state index is 11.0. The predicted octanol–water partition coefficient (Wildman–Crippen LogP) is 5.43. The van der Waals surface area contributed by atoms with Crippen LogP contribution in [0.25, 0.3) is 11.6 Å². The second-order valence-electron chi connectivity index (χ2n) is 6.47. The van der Waals surface area contributed by atoms with Gasteiger partial charge < -0.3 is 14.6 Å². The van der Waals surface area contributed by atoms with Gasteiger partial charge in [0.25, 0.3) is 0 Å². The molecule has 0 amide bonds. The molecule has 3 aromatic carbocycles. The molecule has 3 rings (SSSR count). The minimum atomic E-state index is -1.00. The Bertz CT molecular complexity index is 1080. The van der Waals surface area contributed by atoms with Crippen LogP contribution < -0.4 is 9.47 Å². The molecule has 1 N–H and O–H groups in total. The SMILES string of the molecule is CCOc1cc(/C=C(/C#N)c2ccc(C(=O)O)cc2)ccc1OCc1ccccc1. The predicted molar refractivity (Wildman–Crippen MR) is 115 cm³/mol. The molecule has 0 spiro atoms. The maximum Gasteiger partial charge on any atom is 0.335 e. The van der Waals surface area contributed by atoms with E-state index in [1.54, 1.807) is 18.2 Å².